The number of rotatable bonds is 6. The molecule has 0 aliphatic rings. The fourth-order valence-corrected chi connectivity index (χ4v) is 2.59. The van der Waals surface area contributed by atoms with E-state index >= 15 is 0 Å². The van der Waals surface area contributed by atoms with Crippen molar-refractivity contribution in [2.75, 3.05) is 13.7 Å². The Labute approximate surface area is 129 Å². The van der Waals surface area contributed by atoms with Gasteiger partial charge < -0.3 is 15.4 Å². The van der Waals surface area contributed by atoms with E-state index in [1.807, 2.05) is 25.1 Å². The topological polar surface area (TPSA) is 45.6 Å². The highest BCUT2D eigenvalue weighted by atomic mass is 32.1. The molecule has 2 rings (SSSR count). The zero-order chi connectivity index (χ0) is 14.9. The summed E-state index contributed by atoms with van der Waals surface area (Å²) in [6.45, 7) is 4.11. The highest BCUT2D eigenvalue weighted by Crippen LogP contribution is 2.17. The van der Waals surface area contributed by atoms with Crippen LogP contribution in [0.5, 0.6) is 5.75 Å². The SMILES string of the molecule is CCOc1ccccc1CNC(=NC)NCc1ccsc1. The second kappa shape index (κ2) is 8.32. The van der Waals surface area contributed by atoms with Crippen molar-refractivity contribution in [3.63, 3.8) is 0 Å². The third-order valence-corrected chi connectivity index (χ3v) is 3.71. The van der Waals surface area contributed by atoms with E-state index in [2.05, 4.69) is 38.5 Å². The van der Waals surface area contributed by atoms with Crippen LogP contribution in [-0.2, 0) is 13.1 Å². The minimum atomic E-state index is 0.669. The van der Waals surface area contributed by atoms with E-state index in [1.165, 1.54) is 5.56 Å². The minimum Gasteiger partial charge on any atom is -0.494 e. The molecule has 0 saturated heterocycles. The van der Waals surface area contributed by atoms with Crippen molar-refractivity contribution in [2.45, 2.75) is 20.0 Å². The average molecular weight is 303 g/mol. The van der Waals surface area contributed by atoms with Crippen molar-refractivity contribution in [1.82, 2.24) is 10.6 Å². The molecule has 0 radical (unpaired) electrons. The summed E-state index contributed by atoms with van der Waals surface area (Å²) < 4.78 is 5.62. The summed E-state index contributed by atoms with van der Waals surface area (Å²) in [5.41, 5.74) is 2.38. The van der Waals surface area contributed by atoms with Crippen LogP contribution in [0.3, 0.4) is 0 Å². The summed E-state index contributed by atoms with van der Waals surface area (Å²) in [4.78, 5) is 4.24. The van der Waals surface area contributed by atoms with Gasteiger partial charge in [-0.15, -0.1) is 0 Å². The Morgan fingerprint density at radius 3 is 2.71 bits per heavy atom. The third kappa shape index (κ3) is 4.79. The van der Waals surface area contributed by atoms with E-state index in [0.29, 0.717) is 13.2 Å². The first kappa shape index (κ1) is 15.4. The lowest BCUT2D eigenvalue weighted by Crippen LogP contribution is -2.36. The van der Waals surface area contributed by atoms with Gasteiger partial charge in [0.25, 0.3) is 0 Å². The fourth-order valence-electron chi connectivity index (χ4n) is 1.92. The van der Waals surface area contributed by atoms with Gasteiger partial charge in [0.05, 0.1) is 6.61 Å². The van der Waals surface area contributed by atoms with Gasteiger partial charge in [-0.05, 0) is 35.4 Å². The molecule has 112 valence electrons. The maximum Gasteiger partial charge on any atom is 0.191 e. The molecular formula is C16H21N3OS. The van der Waals surface area contributed by atoms with Gasteiger partial charge in [-0.1, -0.05) is 18.2 Å². The van der Waals surface area contributed by atoms with Crippen molar-refractivity contribution < 1.29 is 4.74 Å². The van der Waals surface area contributed by atoms with E-state index < -0.39 is 0 Å². The standard InChI is InChI=1S/C16H21N3OS/c1-3-20-15-7-5-4-6-14(15)11-19-16(17-2)18-10-13-8-9-21-12-13/h4-9,12H,3,10-11H2,1-2H3,(H2,17,18,19). The molecule has 0 fully saturated rings. The highest BCUT2D eigenvalue weighted by molar-refractivity contribution is 7.07. The molecule has 0 amide bonds. The monoisotopic (exact) mass is 303 g/mol. The molecule has 1 aromatic heterocycles. The van der Waals surface area contributed by atoms with Gasteiger partial charge >= 0.3 is 0 Å². The quantitative estimate of drug-likeness (QED) is 0.637. The van der Waals surface area contributed by atoms with E-state index in [1.54, 1.807) is 18.4 Å². The first-order chi connectivity index (χ1) is 10.3. The summed E-state index contributed by atoms with van der Waals surface area (Å²) in [7, 11) is 1.78. The van der Waals surface area contributed by atoms with E-state index in [-0.39, 0.29) is 0 Å². The van der Waals surface area contributed by atoms with E-state index in [4.69, 9.17) is 4.74 Å². The molecule has 0 aliphatic heterocycles. The predicted octanol–water partition coefficient (Wildman–Crippen LogP) is 3.01. The molecule has 0 atom stereocenters. The van der Waals surface area contributed by atoms with Crippen LogP contribution in [0.25, 0.3) is 0 Å². The zero-order valence-corrected chi connectivity index (χ0v) is 13.2. The number of benzene rings is 1. The van der Waals surface area contributed by atoms with Crippen LogP contribution in [0.2, 0.25) is 0 Å². The maximum atomic E-state index is 5.62. The minimum absolute atomic E-state index is 0.669. The van der Waals surface area contributed by atoms with Crippen LogP contribution in [0, 0.1) is 0 Å². The van der Waals surface area contributed by atoms with Crippen molar-refractivity contribution in [1.29, 1.82) is 0 Å². The maximum absolute atomic E-state index is 5.62. The Kier molecular flexibility index (Phi) is 6.09. The number of nitrogens with zero attached hydrogens (tertiary/aromatic N) is 1. The molecule has 2 aromatic rings. The molecule has 0 saturated carbocycles. The number of aliphatic imine (C=N–C) groups is 1. The Balaban J connectivity index is 1.88. The molecule has 0 unspecified atom stereocenters. The number of ether oxygens (including phenoxy) is 1. The lowest BCUT2D eigenvalue weighted by molar-refractivity contribution is 0.336. The molecule has 4 nitrogen and oxygen atoms in total. The summed E-state index contributed by atoms with van der Waals surface area (Å²) in [5, 5.41) is 10.8. The Morgan fingerprint density at radius 2 is 2.00 bits per heavy atom. The van der Waals surface area contributed by atoms with Crippen LogP contribution in [0.15, 0.2) is 46.1 Å². The first-order valence-corrected chi connectivity index (χ1v) is 7.94. The Bertz CT molecular complexity index is 567. The molecule has 0 spiro atoms. The van der Waals surface area contributed by atoms with Crippen molar-refractivity contribution in [3.05, 3.63) is 52.2 Å². The van der Waals surface area contributed by atoms with Gasteiger partial charge in [0.1, 0.15) is 5.75 Å². The van der Waals surface area contributed by atoms with Crippen molar-refractivity contribution in [3.8, 4) is 5.75 Å². The fraction of sp³-hybridized carbons (Fsp3) is 0.312. The molecule has 0 aliphatic carbocycles. The summed E-state index contributed by atoms with van der Waals surface area (Å²) >= 11 is 1.70. The number of thiophene rings is 1. The Morgan fingerprint density at radius 1 is 1.19 bits per heavy atom. The summed E-state index contributed by atoms with van der Waals surface area (Å²) in [6.07, 6.45) is 0. The summed E-state index contributed by atoms with van der Waals surface area (Å²) in [5.74, 6) is 1.70. The first-order valence-electron chi connectivity index (χ1n) is 6.99. The van der Waals surface area contributed by atoms with Crippen LogP contribution in [0.4, 0.5) is 0 Å². The largest absolute Gasteiger partial charge is 0.494 e. The second-order valence-corrected chi connectivity index (χ2v) is 5.23. The average Bonchev–Trinajstić information content (AvgIpc) is 3.02. The van der Waals surface area contributed by atoms with Crippen molar-refractivity contribution in [2.24, 2.45) is 4.99 Å². The molecular weight excluding hydrogens is 282 g/mol. The lowest BCUT2D eigenvalue weighted by atomic mass is 10.2. The third-order valence-electron chi connectivity index (χ3n) is 2.98. The van der Waals surface area contributed by atoms with Gasteiger partial charge in [0, 0.05) is 25.7 Å². The van der Waals surface area contributed by atoms with Gasteiger partial charge in [-0.3, -0.25) is 4.99 Å². The van der Waals surface area contributed by atoms with Crippen LogP contribution >= 0.6 is 11.3 Å². The van der Waals surface area contributed by atoms with Gasteiger partial charge in [0.15, 0.2) is 5.96 Å². The lowest BCUT2D eigenvalue weighted by Gasteiger charge is -2.14. The van der Waals surface area contributed by atoms with E-state index in [0.717, 1.165) is 23.8 Å². The smallest absolute Gasteiger partial charge is 0.191 e. The molecule has 1 aromatic carbocycles. The van der Waals surface area contributed by atoms with Gasteiger partial charge in [-0.2, -0.15) is 11.3 Å². The molecule has 2 N–H and O–H groups in total. The van der Waals surface area contributed by atoms with Crippen LogP contribution in [0.1, 0.15) is 18.1 Å². The van der Waals surface area contributed by atoms with E-state index in [9.17, 15) is 0 Å². The molecule has 0 bridgehead atoms. The predicted molar refractivity (Wildman–Crippen MR) is 89.0 cm³/mol. The second-order valence-electron chi connectivity index (χ2n) is 4.45. The zero-order valence-electron chi connectivity index (χ0n) is 12.4. The number of guanidine groups is 1. The Hall–Kier alpha value is -2.01. The number of hydrogen-bond acceptors (Lipinski definition) is 3. The molecule has 21 heavy (non-hydrogen) atoms. The molecule has 5 heteroatoms. The normalized spacial score (nSPS) is 11.2. The van der Waals surface area contributed by atoms with Crippen molar-refractivity contribution >= 4 is 17.3 Å². The van der Waals surface area contributed by atoms with Crippen LogP contribution < -0.4 is 15.4 Å². The molecule has 1 heterocycles. The van der Waals surface area contributed by atoms with Gasteiger partial charge in [0.2, 0.25) is 0 Å². The summed E-state index contributed by atoms with van der Waals surface area (Å²) in [6, 6.07) is 10.2. The highest BCUT2D eigenvalue weighted by Gasteiger charge is 2.04. The van der Waals surface area contributed by atoms with Crippen LogP contribution in [-0.4, -0.2) is 19.6 Å². The number of nitrogens with one attached hydrogen (secondary N) is 2. The van der Waals surface area contributed by atoms with Gasteiger partial charge in [-0.25, -0.2) is 0 Å². The number of para-hydroxylation sites is 1. The number of hydrogen-bond donors (Lipinski definition) is 2.